The van der Waals surface area contributed by atoms with Gasteiger partial charge >= 0.3 is 0 Å². The van der Waals surface area contributed by atoms with E-state index in [4.69, 9.17) is 0 Å². The van der Waals surface area contributed by atoms with Crippen molar-refractivity contribution >= 4 is 0 Å². The Morgan fingerprint density at radius 2 is 1.63 bits per heavy atom. The van der Waals surface area contributed by atoms with E-state index < -0.39 is 0 Å². The second-order valence-electron chi connectivity index (χ2n) is 6.33. The van der Waals surface area contributed by atoms with Crippen molar-refractivity contribution in [1.82, 2.24) is 9.80 Å². The first-order valence-electron chi connectivity index (χ1n) is 8.58. The topological polar surface area (TPSA) is 6.48 Å². The highest BCUT2D eigenvalue weighted by molar-refractivity contribution is 4.94. The zero-order valence-electron chi connectivity index (χ0n) is 12.8. The standard InChI is InChI=1S/C17H32N2/c1-2-3-4-5-6-10-13-18-14-15-19(16-18)17-11-8-7-9-12-17/h14-15,17H,2-13,16H2,1H3. The molecule has 1 saturated carbocycles. The summed E-state index contributed by atoms with van der Waals surface area (Å²) < 4.78 is 0. The van der Waals surface area contributed by atoms with Gasteiger partial charge < -0.3 is 9.80 Å². The lowest BCUT2D eigenvalue weighted by atomic mass is 9.95. The molecule has 0 atom stereocenters. The van der Waals surface area contributed by atoms with Crippen LogP contribution in [0, 0.1) is 0 Å². The lowest BCUT2D eigenvalue weighted by Gasteiger charge is -2.32. The van der Waals surface area contributed by atoms with Crippen LogP contribution in [0.3, 0.4) is 0 Å². The summed E-state index contributed by atoms with van der Waals surface area (Å²) in [7, 11) is 0. The van der Waals surface area contributed by atoms with Gasteiger partial charge in [-0.2, -0.15) is 0 Å². The zero-order valence-corrected chi connectivity index (χ0v) is 12.8. The van der Waals surface area contributed by atoms with Gasteiger partial charge in [-0.05, 0) is 19.3 Å². The van der Waals surface area contributed by atoms with Gasteiger partial charge in [0.05, 0.1) is 6.67 Å². The van der Waals surface area contributed by atoms with Crippen LogP contribution in [0.2, 0.25) is 0 Å². The Morgan fingerprint density at radius 1 is 0.895 bits per heavy atom. The molecule has 0 amide bonds. The van der Waals surface area contributed by atoms with Gasteiger partial charge in [-0.15, -0.1) is 0 Å². The molecule has 19 heavy (non-hydrogen) atoms. The van der Waals surface area contributed by atoms with Crippen LogP contribution in [0.5, 0.6) is 0 Å². The van der Waals surface area contributed by atoms with Gasteiger partial charge in [-0.3, -0.25) is 0 Å². The quantitative estimate of drug-likeness (QED) is 0.585. The maximum atomic E-state index is 2.58. The smallest absolute Gasteiger partial charge is 0.0896 e. The van der Waals surface area contributed by atoms with Crippen molar-refractivity contribution < 1.29 is 0 Å². The molecule has 1 aliphatic carbocycles. The van der Waals surface area contributed by atoms with E-state index in [0.29, 0.717) is 0 Å². The maximum Gasteiger partial charge on any atom is 0.0896 e. The molecule has 2 nitrogen and oxygen atoms in total. The maximum absolute atomic E-state index is 2.58. The number of unbranched alkanes of at least 4 members (excludes halogenated alkanes) is 5. The minimum Gasteiger partial charge on any atom is -0.359 e. The molecule has 0 bridgehead atoms. The third-order valence-electron chi connectivity index (χ3n) is 4.66. The minimum absolute atomic E-state index is 0.833. The first-order chi connectivity index (χ1) is 9.40. The van der Waals surface area contributed by atoms with Gasteiger partial charge in [0.1, 0.15) is 0 Å². The molecule has 0 aromatic rings. The number of hydrogen-bond acceptors (Lipinski definition) is 2. The minimum atomic E-state index is 0.833. The zero-order chi connectivity index (χ0) is 13.3. The second-order valence-corrected chi connectivity index (χ2v) is 6.33. The monoisotopic (exact) mass is 264 g/mol. The molecule has 0 radical (unpaired) electrons. The van der Waals surface area contributed by atoms with E-state index >= 15 is 0 Å². The summed E-state index contributed by atoms with van der Waals surface area (Å²) in [5.74, 6) is 0. The van der Waals surface area contributed by atoms with Crippen molar-refractivity contribution in [2.24, 2.45) is 0 Å². The van der Waals surface area contributed by atoms with E-state index in [9.17, 15) is 0 Å². The predicted octanol–water partition coefficient (Wildman–Crippen LogP) is 4.73. The molecule has 0 aromatic carbocycles. The van der Waals surface area contributed by atoms with Crippen molar-refractivity contribution in [2.45, 2.75) is 83.6 Å². The predicted molar refractivity (Wildman–Crippen MR) is 82.8 cm³/mol. The van der Waals surface area contributed by atoms with Gasteiger partial charge in [0.15, 0.2) is 0 Å². The molecule has 1 heterocycles. The van der Waals surface area contributed by atoms with Crippen molar-refractivity contribution in [1.29, 1.82) is 0 Å². The van der Waals surface area contributed by atoms with Crippen molar-refractivity contribution in [2.75, 3.05) is 13.2 Å². The normalized spacial score (nSPS) is 20.5. The Hall–Kier alpha value is -0.660. The Kier molecular flexibility index (Phi) is 6.59. The summed E-state index contributed by atoms with van der Waals surface area (Å²) in [5.41, 5.74) is 0. The second kappa shape index (κ2) is 8.50. The van der Waals surface area contributed by atoms with Crippen LogP contribution in [-0.4, -0.2) is 29.1 Å². The fraction of sp³-hybridized carbons (Fsp3) is 0.882. The van der Waals surface area contributed by atoms with Gasteiger partial charge in [0, 0.05) is 25.0 Å². The summed E-state index contributed by atoms with van der Waals surface area (Å²) in [6.45, 7) is 4.69. The molecule has 1 aliphatic heterocycles. The Bertz CT molecular complexity index is 256. The first kappa shape index (κ1) is 14.7. The van der Waals surface area contributed by atoms with Gasteiger partial charge in [0.2, 0.25) is 0 Å². The highest BCUT2D eigenvalue weighted by Crippen LogP contribution is 2.25. The van der Waals surface area contributed by atoms with E-state index in [1.807, 2.05) is 0 Å². The first-order valence-corrected chi connectivity index (χ1v) is 8.58. The molecule has 110 valence electrons. The van der Waals surface area contributed by atoms with Crippen molar-refractivity contribution in [3.05, 3.63) is 12.4 Å². The van der Waals surface area contributed by atoms with Gasteiger partial charge in [-0.25, -0.2) is 0 Å². The van der Waals surface area contributed by atoms with Crippen LogP contribution in [0.1, 0.15) is 77.6 Å². The molecule has 0 spiro atoms. The molecule has 2 aliphatic rings. The van der Waals surface area contributed by atoms with E-state index in [2.05, 4.69) is 29.1 Å². The van der Waals surface area contributed by atoms with E-state index in [0.717, 1.165) is 12.7 Å². The van der Waals surface area contributed by atoms with Crippen molar-refractivity contribution in [3.8, 4) is 0 Å². The SMILES string of the molecule is CCCCCCCCN1C=CN(C2CCCCC2)C1. The summed E-state index contributed by atoms with van der Waals surface area (Å²) in [6, 6.07) is 0.833. The largest absolute Gasteiger partial charge is 0.359 e. The van der Waals surface area contributed by atoms with Crippen molar-refractivity contribution in [3.63, 3.8) is 0 Å². The van der Waals surface area contributed by atoms with E-state index in [1.165, 1.54) is 77.2 Å². The average Bonchev–Trinajstić information content (AvgIpc) is 2.92. The van der Waals surface area contributed by atoms with Crippen LogP contribution in [0.25, 0.3) is 0 Å². The Morgan fingerprint density at radius 3 is 2.42 bits per heavy atom. The third kappa shape index (κ3) is 5.08. The molecule has 0 aromatic heterocycles. The van der Waals surface area contributed by atoms with E-state index in [-0.39, 0.29) is 0 Å². The molecule has 1 fully saturated rings. The molecule has 2 heteroatoms. The van der Waals surface area contributed by atoms with Crippen LogP contribution < -0.4 is 0 Å². The molecule has 0 unspecified atom stereocenters. The lowest BCUT2D eigenvalue weighted by Crippen LogP contribution is -2.35. The lowest BCUT2D eigenvalue weighted by molar-refractivity contribution is 0.175. The molecule has 0 saturated heterocycles. The van der Waals surface area contributed by atoms with Gasteiger partial charge in [0.25, 0.3) is 0 Å². The number of nitrogens with zero attached hydrogens (tertiary/aromatic N) is 2. The molecular formula is C17H32N2. The summed E-state index contributed by atoms with van der Waals surface area (Å²) in [6.07, 6.45) is 20.2. The van der Waals surface area contributed by atoms with Gasteiger partial charge in [-0.1, -0.05) is 58.3 Å². The summed E-state index contributed by atoms with van der Waals surface area (Å²) in [4.78, 5) is 5.09. The van der Waals surface area contributed by atoms with Crippen LogP contribution in [0.15, 0.2) is 12.4 Å². The fourth-order valence-electron chi connectivity index (χ4n) is 3.37. The summed E-state index contributed by atoms with van der Waals surface area (Å²) in [5, 5.41) is 0. The van der Waals surface area contributed by atoms with Crippen LogP contribution in [0.4, 0.5) is 0 Å². The number of hydrogen-bond donors (Lipinski definition) is 0. The number of rotatable bonds is 8. The van der Waals surface area contributed by atoms with Crippen LogP contribution in [-0.2, 0) is 0 Å². The Labute approximate surface area is 119 Å². The molecule has 0 N–H and O–H groups in total. The average molecular weight is 264 g/mol. The van der Waals surface area contributed by atoms with E-state index in [1.54, 1.807) is 0 Å². The fourth-order valence-corrected chi connectivity index (χ4v) is 3.37. The highest BCUT2D eigenvalue weighted by atomic mass is 15.3. The summed E-state index contributed by atoms with van der Waals surface area (Å²) >= 11 is 0. The highest BCUT2D eigenvalue weighted by Gasteiger charge is 2.22. The third-order valence-corrected chi connectivity index (χ3v) is 4.66. The van der Waals surface area contributed by atoms with Crippen LogP contribution >= 0.6 is 0 Å². The molecule has 2 rings (SSSR count). The Balaban J connectivity index is 1.54. The molecular weight excluding hydrogens is 232 g/mol.